The molecule has 2 aromatic carbocycles. The fourth-order valence-corrected chi connectivity index (χ4v) is 4.16. The molecule has 0 radical (unpaired) electrons. The van der Waals surface area contributed by atoms with Crippen molar-refractivity contribution in [3.8, 4) is 0 Å². The minimum Gasteiger partial charge on any atom is -0.384 e. The van der Waals surface area contributed by atoms with Gasteiger partial charge in [-0.1, -0.05) is 71.7 Å². The smallest absolute Gasteiger partial charge is 0.0976 e. The van der Waals surface area contributed by atoms with E-state index in [4.69, 9.17) is 4.74 Å². The summed E-state index contributed by atoms with van der Waals surface area (Å²) in [6, 6.07) is 18.6. The summed E-state index contributed by atoms with van der Waals surface area (Å²) in [7, 11) is 0. The zero-order valence-electron chi connectivity index (χ0n) is 15.4. The first-order valence-corrected chi connectivity index (χ1v) is 10.3. The van der Waals surface area contributed by atoms with Gasteiger partial charge < -0.3 is 9.84 Å². The standard InChI is InChI=1S/C22H28BrNO2/c1-2-12-22(25,19-8-10-20(23)11-9-19)21(18-6-4-3-5-7-18)17-24-13-15-26-16-14-24/h3-11,21,25H,2,12-17H2,1H3. The summed E-state index contributed by atoms with van der Waals surface area (Å²) in [6.07, 6.45) is 1.66. The van der Waals surface area contributed by atoms with Crippen LogP contribution in [0.25, 0.3) is 0 Å². The second kappa shape index (κ2) is 9.14. The minimum absolute atomic E-state index is 0.0166. The van der Waals surface area contributed by atoms with Gasteiger partial charge in [0.1, 0.15) is 0 Å². The molecule has 140 valence electrons. The molecule has 0 amide bonds. The zero-order valence-corrected chi connectivity index (χ0v) is 17.0. The van der Waals surface area contributed by atoms with Gasteiger partial charge >= 0.3 is 0 Å². The van der Waals surface area contributed by atoms with Crippen molar-refractivity contribution in [2.75, 3.05) is 32.8 Å². The summed E-state index contributed by atoms with van der Waals surface area (Å²) < 4.78 is 6.54. The van der Waals surface area contributed by atoms with Crippen molar-refractivity contribution in [3.05, 3.63) is 70.2 Å². The highest BCUT2D eigenvalue weighted by Crippen LogP contribution is 2.41. The van der Waals surface area contributed by atoms with Gasteiger partial charge in [-0.25, -0.2) is 0 Å². The van der Waals surface area contributed by atoms with Gasteiger partial charge in [-0.3, -0.25) is 4.90 Å². The Kier molecular flexibility index (Phi) is 6.87. The molecule has 26 heavy (non-hydrogen) atoms. The van der Waals surface area contributed by atoms with Crippen LogP contribution in [-0.2, 0) is 10.3 Å². The second-order valence-electron chi connectivity index (χ2n) is 7.06. The first-order valence-electron chi connectivity index (χ1n) is 9.47. The quantitative estimate of drug-likeness (QED) is 0.716. The van der Waals surface area contributed by atoms with E-state index in [1.807, 2.05) is 18.2 Å². The Morgan fingerprint density at radius 3 is 2.35 bits per heavy atom. The lowest BCUT2D eigenvalue weighted by Gasteiger charge is -2.41. The lowest BCUT2D eigenvalue weighted by molar-refractivity contribution is -0.0285. The molecule has 1 aliphatic heterocycles. The molecule has 4 heteroatoms. The third-order valence-electron chi connectivity index (χ3n) is 5.30. The Morgan fingerprint density at radius 1 is 1.08 bits per heavy atom. The summed E-state index contributed by atoms with van der Waals surface area (Å²) in [4.78, 5) is 2.42. The molecule has 3 nitrogen and oxygen atoms in total. The molecule has 1 aliphatic rings. The van der Waals surface area contributed by atoms with E-state index in [1.165, 1.54) is 5.56 Å². The Balaban J connectivity index is 1.99. The molecule has 2 atom stereocenters. The van der Waals surface area contributed by atoms with Crippen LogP contribution in [0.1, 0.15) is 36.8 Å². The Bertz CT molecular complexity index is 670. The van der Waals surface area contributed by atoms with Crippen LogP contribution in [0.2, 0.25) is 0 Å². The number of halogens is 1. The van der Waals surface area contributed by atoms with Crippen LogP contribution >= 0.6 is 15.9 Å². The number of ether oxygens (including phenoxy) is 1. The molecule has 1 N–H and O–H groups in total. The Labute approximate surface area is 165 Å². The van der Waals surface area contributed by atoms with Crippen LogP contribution in [-0.4, -0.2) is 42.9 Å². The molecular weight excluding hydrogens is 390 g/mol. The van der Waals surface area contributed by atoms with E-state index in [0.29, 0.717) is 0 Å². The van der Waals surface area contributed by atoms with Crippen LogP contribution in [0, 0.1) is 0 Å². The monoisotopic (exact) mass is 417 g/mol. The highest BCUT2D eigenvalue weighted by molar-refractivity contribution is 9.10. The van der Waals surface area contributed by atoms with Gasteiger partial charge in [-0.2, -0.15) is 0 Å². The number of nitrogens with zero attached hydrogens (tertiary/aromatic N) is 1. The molecule has 1 saturated heterocycles. The predicted molar refractivity (Wildman–Crippen MR) is 109 cm³/mol. The lowest BCUT2D eigenvalue weighted by Crippen LogP contribution is -2.45. The van der Waals surface area contributed by atoms with E-state index < -0.39 is 5.60 Å². The highest BCUT2D eigenvalue weighted by atomic mass is 79.9. The first kappa shape index (κ1) is 19.6. The van der Waals surface area contributed by atoms with E-state index in [2.05, 4.69) is 64.2 Å². The van der Waals surface area contributed by atoms with Gasteiger partial charge in [0.05, 0.1) is 18.8 Å². The van der Waals surface area contributed by atoms with Crippen molar-refractivity contribution in [2.45, 2.75) is 31.3 Å². The third kappa shape index (κ3) is 4.55. The third-order valence-corrected chi connectivity index (χ3v) is 5.83. The molecule has 2 unspecified atom stereocenters. The van der Waals surface area contributed by atoms with Crippen molar-refractivity contribution < 1.29 is 9.84 Å². The molecule has 0 aliphatic carbocycles. The Morgan fingerprint density at radius 2 is 1.73 bits per heavy atom. The summed E-state index contributed by atoms with van der Waals surface area (Å²) >= 11 is 3.51. The molecule has 1 heterocycles. The van der Waals surface area contributed by atoms with Gasteiger partial charge in [0, 0.05) is 30.0 Å². The van der Waals surface area contributed by atoms with Crippen LogP contribution in [0.3, 0.4) is 0 Å². The fourth-order valence-electron chi connectivity index (χ4n) is 3.90. The fraction of sp³-hybridized carbons (Fsp3) is 0.455. The molecule has 2 aromatic rings. The summed E-state index contributed by atoms with van der Waals surface area (Å²) in [5, 5.41) is 11.9. The van der Waals surface area contributed by atoms with E-state index >= 15 is 0 Å². The maximum absolute atomic E-state index is 11.9. The van der Waals surface area contributed by atoms with E-state index in [-0.39, 0.29) is 5.92 Å². The molecule has 0 spiro atoms. The molecule has 0 saturated carbocycles. The number of rotatable bonds is 7. The van der Waals surface area contributed by atoms with E-state index in [1.54, 1.807) is 0 Å². The van der Waals surface area contributed by atoms with Gasteiger partial charge in [0.25, 0.3) is 0 Å². The minimum atomic E-state index is -0.894. The molecule has 0 bridgehead atoms. The number of aliphatic hydroxyl groups is 1. The van der Waals surface area contributed by atoms with Crippen molar-refractivity contribution in [1.82, 2.24) is 4.90 Å². The summed E-state index contributed by atoms with van der Waals surface area (Å²) in [5.41, 5.74) is 1.29. The summed E-state index contributed by atoms with van der Waals surface area (Å²) in [6.45, 7) is 6.36. The predicted octanol–water partition coefficient (Wildman–Crippen LogP) is 4.55. The molecule has 1 fully saturated rings. The summed E-state index contributed by atoms with van der Waals surface area (Å²) in [5.74, 6) is 0.0166. The molecular formula is C22H28BrNO2. The average Bonchev–Trinajstić information content (AvgIpc) is 2.68. The van der Waals surface area contributed by atoms with E-state index in [9.17, 15) is 5.11 Å². The van der Waals surface area contributed by atoms with Crippen molar-refractivity contribution in [3.63, 3.8) is 0 Å². The maximum atomic E-state index is 11.9. The van der Waals surface area contributed by atoms with Gasteiger partial charge in [-0.05, 0) is 29.7 Å². The Hall–Kier alpha value is -1.20. The SMILES string of the molecule is CCCC(O)(c1ccc(Br)cc1)C(CN1CCOCC1)c1ccccc1. The van der Waals surface area contributed by atoms with Crippen LogP contribution in [0.5, 0.6) is 0 Å². The van der Waals surface area contributed by atoms with Crippen molar-refractivity contribution >= 4 is 15.9 Å². The van der Waals surface area contributed by atoms with Crippen LogP contribution in [0.4, 0.5) is 0 Å². The first-order chi connectivity index (χ1) is 12.6. The number of morpholine rings is 1. The van der Waals surface area contributed by atoms with Crippen LogP contribution < -0.4 is 0 Å². The maximum Gasteiger partial charge on any atom is 0.0976 e. The average molecular weight is 418 g/mol. The van der Waals surface area contributed by atoms with Crippen molar-refractivity contribution in [2.24, 2.45) is 0 Å². The molecule has 0 aromatic heterocycles. The van der Waals surface area contributed by atoms with Gasteiger partial charge in [0.15, 0.2) is 0 Å². The number of hydrogen-bond donors (Lipinski definition) is 1. The topological polar surface area (TPSA) is 32.7 Å². The lowest BCUT2D eigenvalue weighted by atomic mass is 9.74. The highest BCUT2D eigenvalue weighted by Gasteiger charge is 2.39. The number of hydrogen-bond acceptors (Lipinski definition) is 3. The van der Waals surface area contributed by atoms with Crippen molar-refractivity contribution in [1.29, 1.82) is 0 Å². The zero-order chi connectivity index (χ0) is 18.4. The largest absolute Gasteiger partial charge is 0.384 e. The van der Waals surface area contributed by atoms with Gasteiger partial charge in [0.2, 0.25) is 0 Å². The van der Waals surface area contributed by atoms with Crippen LogP contribution in [0.15, 0.2) is 59.1 Å². The second-order valence-corrected chi connectivity index (χ2v) is 7.97. The normalized spacial score (nSPS) is 19.0. The number of benzene rings is 2. The van der Waals surface area contributed by atoms with Gasteiger partial charge in [-0.15, -0.1) is 0 Å². The molecule has 3 rings (SSSR count). The van der Waals surface area contributed by atoms with E-state index in [0.717, 1.165) is 55.7 Å².